The number of ether oxygens (including phenoxy) is 1. The zero-order valence-corrected chi connectivity index (χ0v) is 18.7. The molecule has 7 nitrogen and oxygen atoms in total. The summed E-state index contributed by atoms with van der Waals surface area (Å²) in [6.45, 7) is 2.27. The molecule has 13 heteroatoms. The molecule has 1 atom stereocenters. The fraction of sp³-hybridized carbons (Fsp3) is 0.190. The number of carbonyl (C=O) groups is 1. The average molecular weight is 500 g/mol. The van der Waals surface area contributed by atoms with E-state index in [0.717, 1.165) is 19.2 Å². The van der Waals surface area contributed by atoms with Crippen LogP contribution in [0.3, 0.4) is 0 Å². The zero-order valence-electron chi connectivity index (χ0n) is 17.9. The van der Waals surface area contributed by atoms with Crippen LogP contribution in [0.1, 0.15) is 27.2 Å². The van der Waals surface area contributed by atoms with Gasteiger partial charge in [0.2, 0.25) is 0 Å². The van der Waals surface area contributed by atoms with Gasteiger partial charge in [0.15, 0.2) is 17.3 Å². The van der Waals surface area contributed by atoms with Crippen LogP contribution in [0.2, 0.25) is 0 Å². The number of benzene rings is 2. The normalized spacial score (nSPS) is 13.3. The maximum Gasteiger partial charge on any atom is 0.435 e. The standard InChI is InChI=1S/C21H17F5N4O3S/c1-10-7-16(15(23)9-14(10)22)33-20-17(11(2)18(29-30-20)21(24,25)26)19(31)28-12-5-4-6-13(8-12)34(3,27)32/h4-9,27H,1-3H3,(H,28,31). The Morgan fingerprint density at radius 1 is 1.09 bits per heavy atom. The fourth-order valence-corrected chi connectivity index (χ4v) is 3.62. The van der Waals surface area contributed by atoms with Crippen LogP contribution in [-0.2, 0) is 15.9 Å². The molecule has 0 bridgehead atoms. The quantitative estimate of drug-likeness (QED) is 0.452. The number of hydrogen-bond acceptors (Lipinski definition) is 6. The Balaban J connectivity index is 2.10. The van der Waals surface area contributed by atoms with E-state index in [0.29, 0.717) is 6.07 Å². The monoisotopic (exact) mass is 500 g/mol. The van der Waals surface area contributed by atoms with Crippen LogP contribution in [0, 0.1) is 30.3 Å². The number of aryl methyl sites for hydroxylation is 1. The number of halogens is 5. The molecular formula is C21H17F5N4O3S. The molecule has 3 aromatic rings. The lowest BCUT2D eigenvalue weighted by Gasteiger charge is -2.16. The minimum absolute atomic E-state index is 0.0191. The van der Waals surface area contributed by atoms with Gasteiger partial charge in [-0.2, -0.15) is 13.2 Å². The molecule has 0 saturated heterocycles. The maximum atomic E-state index is 14.2. The summed E-state index contributed by atoms with van der Waals surface area (Å²) in [4.78, 5) is 13.1. The Hall–Kier alpha value is -3.61. The molecule has 0 saturated carbocycles. The SMILES string of the molecule is Cc1cc(Oc2nnc(C(F)(F)F)c(C)c2C(=O)Nc2cccc(S(C)(=N)=O)c2)c(F)cc1F. The van der Waals surface area contributed by atoms with E-state index < -0.39 is 61.9 Å². The molecule has 0 aliphatic heterocycles. The van der Waals surface area contributed by atoms with Crippen LogP contribution in [0.4, 0.5) is 27.6 Å². The number of rotatable bonds is 5. The van der Waals surface area contributed by atoms with Crippen molar-refractivity contribution in [2.24, 2.45) is 0 Å². The topological polar surface area (TPSA) is 105 Å². The number of amides is 1. The number of aromatic nitrogens is 2. The first kappa shape index (κ1) is 25.0. The summed E-state index contributed by atoms with van der Waals surface area (Å²) >= 11 is 0. The smallest absolute Gasteiger partial charge is 0.434 e. The van der Waals surface area contributed by atoms with E-state index >= 15 is 0 Å². The molecule has 34 heavy (non-hydrogen) atoms. The van der Waals surface area contributed by atoms with Crippen molar-refractivity contribution in [2.45, 2.75) is 24.9 Å². The van der Waals surface area contributed by atoms with Gasteiger partial charge in [-0.25, -0.2) is 17.8 Å². The van der Waals surface area contributed by atoms with Crippen molar-refractivity contribution in [1.82, 2.24) is 10.2 Å². The van der Waals surface area contributed by atoms with Crippen LogP contribution < -0.4 is 10.1 Å². The Kier molecular flexibility index (Phi) is 6.60. The first-order valence-corrected chi connectivity index (χ1v) is 11.4. The van der Waals surface area contributed by atoms with E-state index in [1.165, 1.54) is 31.2 Å². The summed E-state index contributed by atoms with van der Waals surface area (Å²) in [5.74, 6) is -4.49. The molecule has 3 rings (SSSR count). The summed E-state index contributed by atoms with van der Waals surface area (Å²) < 4.78 is 92.8. The summed E-state index contributed by atoms with van der Waals surface area (Å²) in [6.07, 6.45) is -3.80. The Labute approximate surface area is 190 Å². The minimum Gasteiger partial charge on any atom is -0.434 e. The lowest BCUT2D eigenvalue weighted by atomic mass is 10.1. The predicted molar refractivity (Wildman–Crippen MR) is 112 cm³/mol. The second-order valence-electron chi connectivity index (χ2n) is 7.31. The molecule has 2 aromatic carbocycles. The highest BCUT2D eigenvalue weighted by Gasteiger charge is 2.38. The molecule has 1 unspecified atom stereocenters. The second-order valence-corrected chi connectivity index (χ2v) is 9.47. The van der Waals surface area contributed by atoms with Crippen molar-refractivity contribution in [3.8, 4) is 11.6 Å². The van der Waals surface area contributed by atoms with Gasteiger partial charge >= 0.3 is 6.18 Å². The van der Waals surface area contributed by atoms with Crippen molar-refractivity contribution in [2.75, 3.05) is 11.6 Å². The average Bonchev–Trinajstić information content (AvgIpc) is 2.70. The number of alkyl halides is 3. The molecule has 0 spiro atoms. The van der Waals surface area contributed by atoms with Crippen LogP contribution in [0.5, 0.6) is 11.6 Å². The first-order chi connectivity index (χ1) is 15.7. The van der Waals surface area contributed by atoms with Crippen molar-refractivity contribution >= 4 is 21.3 Å². The van der Waals surface area contributed by atoms with Crippen molar-refractivity contribution in [1.29, 1.82) is 4.78 Å². The number of hydrogen-bond donors (Lipinski definition) is 2. The van der Waals surface area contributed by atoms with Gasteiger partial charge in [-0.05, 0) is 49.2 Å². The van der Waals surface area contributed by atoms with E-state index in [9.17, 15) is 31.0 Å². The molecule has 2 N–H and O–H groups in total. The molecule has 1 aromatic heterocycles. The maximum absolute atomic E-state index is 14.2. The van der Waals surface area contributed by atoms with Crippen molar-refractivity contribution in [3.63, 3.8) is 0 Å². The van der Waals surface area contributed by atoms with Crippen LogP contribution in [-0.4, -0.2) is 26.6 Å². The van der Waals surface area contributed by atoms with Crippen molar-refractivity contribution < 1.29 is 35.7 Å². The highest BCUT2D eigenvalue weighted by Crippen LogP contribution is 2.36. The predicted octanol–water partition coefficient (Wildman–Crippen LogP) is 5.47. The lowest BCUT2D eigenvalue weighted by Crippen LogP contribution is -2.21. The summed E-state index contributed by atoms with van der Waals surface area (Å²) in [5, 5.41) is 8.73. The van der Waals surface area contributed by atoms with Gasteiger partial charge in [0.25, 0.3) is 11.8 Å². The molecule has 0 aliphatic carbocycles. The number of anilines is 1. The molecular weight excluding hydrogens is 483 g/mol. The third kappa shape index (κ3) is 5.30. The van der Waals surface area contributed by atoms with E-state index in [2.05, 4.69) is 15.5 Å². The van der Waals surface area contributed by atoms with Gasteiger partial charge in [-0.15, -0.1) is 10.2 Å². The summed E-state index contributed by atoms with van der Waals surface area (Å²) in [5.41, 5.74) is -2.79. The Morgan fingerprint density at radius 2 is 1.76 bits per heavy atom. The van der Waals surface area contributed by atoms with Crippen LogP contribution >= 0.6 is 0 Å². The summed E-state index contributed by atoms with van der Waals surface area (Å²) in [6, 6.07) is 6.85. The van der Waals surface area contributed by atoms with Gasteiger partial charge in [-0.1, -0.05) is 6.07 Å². The van der Waals surface area contributed by atoms with E-state index in [-0.39, 0.29) is 16.1 Å². The first-order valence-electron chi connectivity index (χ1n) is 9.41. The van der Waals surface area contributed by atoms with E-state index in [1.54, 1.807) is 0 Å². The van der Waals surface area contributed by atoms with Gasteiger partial charge in [0.05, 0.1) is 9.73 Å². The van der Waals surface area contributed by atoms with Crippen molar-refractivity contribution in [3.05, 3.63) is 70.4 Å². The number of carbonyl (C=O) groups excluding carboxylic acids is 1. The Bertz CT molecular complexity index is 1390. The van der Waals surface area contributed by atoms with Gasteiger partial charge in [0, 0.05) is 22.9 Å². The fourth-order valence-electron chi connectivity index (χ4n) is 2.93. The molecule has 0 fully saturated rings. The van der Waals surface area contributed by atoms with E-state index in [1.807, 2.05) is 0 Å². The second kappa shape index (κ2) is 8.97. The van der Waals surface area contributed by atoms with E-state index in [4.69, 9.17) is 9.52 Å². The lowest BCUT2D eigenvalue weighted by molar-refractivity contribution is -0.142. The van der Waals surface area contributed by atoms with Gasteiger partial charge in [-0.3, -0.25) is 4.79 Å². The zero-order chi connectivity index (χ0) is 25.4. The Morgan fingerprint density at radius 3 is 2.38 bits per heavy atom. The van der Waals surface area contributed by atoms with Crippen LogP contribution in [0.25, 0.3) is 0 Å². The molecule has 0 aliphatic rings. The number of nitrogens with one attached hydrogen (secondary N) is 2. The summed E-state index contributed by atoms with van der Waals surface area (Å²) in [7, 11) is -3.14. The highest BCUT2D eigenvalue weighted by atomic mass is 32.2. The van der Waals surface area contributed by atoms with Crippen LogP contribution in [0.15, 0.2) is 41.3 Å². The molecule has 1 amide bonds. The third-order valence-corrected chi connectivity index (χ3v) is 5.80. The molecule has 0 radical (unpaired) electrons. The minimum atomic E-state index is -4.96. The molecule has 1 heterocycles. The highest BCUT2D eigenvalue weighted by molar-refractivity contribution is 7.91. The third-order valence-electron chi connectivity index (χ3n) is 4.64. The molecule has 180 valence electrons. The largest absolute Gasteiger partial charge is 0.435 e. The van der Waals surface area contributed by atoms with Gasteiger partial charge in [0.1, 0.15) is 11.4 Å². The number of nitrogens with zero attached hydrogens (tertiary/aromatic N) is 2. The van der Waals surface area contributed by atoms with Gasteiger partial charge < -0.3 is 10.1 Å².